The van der Waals surface area contributed by atoms with Crippen molar-refractivity contribution in [2.45, 2.75) is 13.0 Å². The first-order valence-corrected chi connectivity index (χ1v) is 8.28. The molecule has 3 rings (SSSR count). The Morgan fingerprint density at radius 1 is 1.15 bits per heavy atom. The summed E-state index contributed by atoms with van der Waals surface area (Å²) in [6.07, 6.45) is 1.45. The number of nitrogens with one attached hydrogen (secondary N) is 1. The van der Waals surface area contributed by atoms with E-state index in [-0.39, 0.29) is 23.3 Å². The van der Waals surface area contributed by atoms with Gasteiger partial charge in [-0.05, 0) is 31.2 Å². The van der Waals surface area contributed by atoms with Gasteiger partial charge in [-0.15, -0.1) is 0 Å². The minimum absolute atomic E-state index is 0.0603. The van der Waals surface area contributed by atoms with Crippen molar-refractivity contribution < 1.29 is 22.8 Å². The van der Waals surface area contributed by atoms with E-state index in [0.29, 0.717) is 26.2 Å². The Hall–Kier alpha value is -2.74. The predicted octanol–water partition coefficient (Wildman–Crippen LogP) is 2.34. The van der Waals surface area contributed by atoms with Crippen LogP contribution in [-0.2, 0) is 4.79 Å². The zero-order chi connectivity index (χ0) is 18.7. The number of anilines is 1. The summed E-state index contributed by atoms with van der Waals surface area (Å²) >= 11 is 0. The normalized spacial score (nSPS) is 16.3. The molecular weight excluding hydrogens is 344 g/mol. The lowest BCUT2D eigenvalue weighted by atomic mass is 10.2. The van der Waals surface area contributed by atoms with Crippen LogP contribution in [0.1, 0.15) is 17.5 Å². The standard InChI is InChI=1S/C18H19F2N3O3/c1-12(17(24)21-15-5-4-13(19)11-14(15)20)22-6-8-23(9-7-22)18(25)16-3-2-10-26-16/h2-5,10-12H,6-9H2,1H3,(H,21,24)/t12-/m1/s1. The minimum Gasteiger partial charge on any atom is -0.459 e. The van der Waals surface area contributed by atoms with Crippen LogP contribution in [0.15, 0.2) is 41.0 Å². The summed E-state index contributed by atoms with van der Waals surface area (Å²) in [6.45, 7) is 3.64. The fourth-order valence-electron chi connectivity index (χ4n) is 2.86. The monoisotopic (exact) mass is 363 g/mol. The third-order valence-corrected chi connectivity index (χ3v) is 4.45. The van der Waals surface area contributed by atoms with E-state index >= 15 is 0 Å². The van der Waals surface area contributed by atoms with Crippen LogP contribution in [-0.4, -0.2) is 53.8 Å². The third-order valence-electron chi connectivity index (χ3n) is 4.45. The van der Waals surface area contributed by atoms with Gasteiger partial charge in [0.05, 0.1) is 18.0 Å². The molecule has 2 aromatic rings. The number of piperazine rings is 1. The average Bonchev–Trinajstić information content (AvgIpc) is 3.17. The highest BCUT2D eigenvalue weighted by Gasteiger charge is 2.29. The molecule has 1 saturated heterocycles. The number of hydrogen-bond donors (Lipinski definition) is 1. The number of furan rings is 1. The van der Waals surface area contributed by atoms with Crippen LogP contribution in [0.4, 0.5) is 14.5 Å². The van der Waals surface area contributed by atoms with Crippen LogP contribution in [0.3, 0.4) is 0 Å². The van der Waals surface area contributed by atoms with Gasteiger partial charge in [-0.2, -0.15) is 0 Å². The third kappa shape index (κ3) is 3.91. The van der Waals surface area contributed by atoms with Gasteiger partial charge in [0, 0.05) is 32.2 Å². The largest absolute Gasteiger partial charge is 0.459 e. The molecule has 2 amide bonds. The maximum absolute atomic E-state index is 13.7. The van der Waals surface area contributed by atoms with Gasteiger partial charge in [0.2, 0.25) is 5.91 Å². The van der Waals surface area contributed by atoms with Gasteiger partial charge in [-0.3, -0.25) is 14.5 Å². The maximum atomic E-state index is 13.7. The molecule has 8 heteroatoms. The summed E-state index contributed by atoms with van der Waals surface area (Å²) < 4.78 is 31.7. The molecule has 0 unspecified atom stereocenters. The molecule has 1 aromatic heterocycles. The van der Waals surface area contributed by atoms with Gasteiger partial charge in [0.15, 0.2) is 5.76 Å². The number of hydrogen-bond acceptors (Lipinski definition) is 4. The summed E-state index contributed by atoms with van der Waals surface area (Å²) in [7, 11) is 0. The van der Waals surface area contributed by atoms with E-state index in [1.807, 2.05) is 4.90 Å². The quantitative estimate of drug-likeness (QED) is 0.906. The van der Waals surface area contributed by atoms with Crippen molar-refractivity contribution in [1.29, 1.82) is 0 Å². The lowest BCUT2D eigenvalue weighted by Crippen LogP contribution is -2.54. The first kappa shape index (κ1) is 18.1. The van der Waals surface area contributed by atoms with Crippen LogP contribution in [0.5, 0.6) is 0 Å². The first-order valence-electron chi connectivity index (χ1n) is 8.28. The topological polar surface area (TPSA) is 65.8 Å². The SMILES string of the molecule is C[C@H](C(=O)Nc1ccc(F)cc1F)N1CCN(C(=O)c2ccco2)CC1. The van der Waals surface area contributed by atoms with Crippen molar-refractivity contribution in [3.8, 4) is 0 Å². The number of carbonyl (C=O) groups is 2. The summed E-state index contributed by atoms with van der Waals surface area (Å²) in [6, 6.07) is 5.75. The molecule has 26 heavy (non-hydrogen) atoms. The van der Waals surface area contributed by atoms with E-state index in [4.69, 9.17) is 4.42 Å². The molecule has 0 aliphatic carbocycles. The highest BCUT2D eigenvalue weighted by atomic mass is 19.1. The summed E-state index contributed by atoms with van der Waals surface area (Å²) in [5, 5.41) is 2.47. The van der Waals surface area contributed by atoms with E-state index in [2.05, 4.69) is 5.32 Å². The minimum atomic E-state index is -0.820. The Morgan fingerprint density at radius 2 is 1.88 bits per heavy atom. The zero-order valence-corrected chi connectivity index (χ0v) is 14.2. The molecule has 1 fully saturated rings. The Kier molecular flexibility index (Phi) is 5.32. The van der Waals surface area contributed by atoms with Gasteiger partial charge in [-0.1, -0.05) is 0 Å². The molecule has 138 valence electrons. The number of halogens is 2. The Bertz CT molecular complexity index is 787. The fraction of sp³-hybridized carbons (Fsp3) is 0.333. The van der Waals surface area contributed by atoms with Crippen LogP contribution in [0.25, 0.3) is 0 Å². The number of rotatable bonds is 4. The van der Waals surface area contributed by atoms with Crippen molar-refractivity contribution >= 4 is 17.5 Å². The van der Waals surface area contributed by atoms with E-state index in [9.17, 15) is 18.4 Å². The molecule has 1 aliphatic heterocycles. The molecule has 1 atom stereocenters. The second-order valence-electron chi connectivity index (χ2n) is 6.09. The predicted molar refractivity (Wildman–Crippen MR) is 90.6 cm³/mol. The molecule has 0 radical (unpaired) electrons. The van der Waals surface area contributed by atoms with Crippen molar-refractivity contribution in [1.82, 2.24) is 9.80 Å². The molecule has 2 heterocycles. The Balaban J connectivity index is 1.55. The van der Waals surface area contributed by atoms with Gasteiger partial charge in [0.1, 0.15) is 11.6 Å². The van der Waals surface area contributed by atoms with Gasteiger partial charge in [-0.25, -0.2) is 8.78 Å². The summed E-state index contributed by atoms with van der Waals surface area (Å²) in [5.41, 5.74) is -0.0603. The van der Waals surface area contributed by atoms with E-state index < -0.39 is 17.7 Å². The van der Waals surface area contributed by atoms with Crippen molar-refractivity contribution in [2.24, 2.45) is 0 Å². The number of amides is 2. The smallest absolute Gasteiger partial charge is 0.289 e. The lowest BCUT2D eigenvalue weighted by Gasteiger charge is -2.37. The van der Waals surface area contributed by atoms with Crippen LogP contribution in [0, 0.1) is 11.6 Å². The van der Waals surface area contributed by atoms with E-state index in [0.717, 1.165) is 12.1 Å². The average molecular weight is 363 g/mol. The maximum Gasteiger partial charge on any atom is 0.289 e. The van der Waals surface area contributed by atoms with Crippen molar-refractivity contribution in [3.05, 3.63) is 54.0 Å². The second-order valence-corrected chi connectivity index (χ2v) is 6.09. The number of carbonyl (C=O) groups excluding carboxylic acids is 2. The Morgan fingerprint density at radius 3 is 2.50 bits per heavy atom. The number of benzene rings is 1. The van der Waals surface area contributed by atoms with Crippen molar-refractivity contribution in [3.63, 3.8) is 0 Å². The van der Waals surface area contributed by atoms with Gasteiger partial charge < -0.3 is 14.6 Å². The highest BCUT2D eigenvalue weighted by Crippen LogP contribution is 2.17. The van der Waals surface area contributed by atoms with Crippen LogP contribution >= 0.6 is 0 Å². The molecule has 1 aromatic carbocycles. The molecule has 0 spiro atoms. The Labute approximate surface area is 149 Å². The molecule has 0 saturated carbocycles. The molecule has 1 aliphatic rings. The second kappa shape index (κ2) is 7.65. The molecular formula is C18H19F2N3O3. The van der Waals surface area contributed by atoms with E-state index in [1.54, 1.807) is 24.0 Å². The van der Waals surface area contributed by atoms with Crippen LogP contribution in [0.2, 0.25) is 0 Å². The molecule has 6 nitrogen and oxygen atoms in total. The lowest BCUT2D eigenvalue weighted by molar-refractivity contribution is -0.121. The molecule has 1 N–H and O–H groups in total. The summed E-state index contributed by atoms with van der Waals surface area (Å²) in [4.78, 5) is 28.2. The fourth-order valence-corrected chi connectivity index (χ4v) is 2.86. The summed E-state index contributed by atoms with van der Waals surface area (Å²) in [5.74, 6) is -1.80. The number of nitrogens with zero attached hydrogens (tertiary/aromatic N) is 2. The van der Waals surface area contributed by atoms with Crippen molar-refractivity contribution in [2.75, 3.05) is 31.5 Å². The zero-order valence-electron chi connectivity index (χ0n) is 14.2. The van der Waals surface area contributed by atoms with E-state index in [1.165, 1.54) is 12.3 Å². The van der Waals surface area contributed by atoms with Crippen LogP contribution < -0.4 is 5.32 Å². The van der Waals surface area contributed by atoms with Gasteiger partial charge >= 0.3 is 0 Å². The van der Waals surface area contributed by atoms with Gasteiger partial charge in [0.25, 0.3) is 5.91 Å². The molecule has 0 bridgehead atoms. The highest BCUT2D eigenvalue weighted by molar-refractivity contribution is 5.94. The first-order chi connectivity index (χ1) is 12.5.